The first-order valence-corrected chi connectivity index (χ1v) is 6.41. The fraction of sp³-hybridized carbons (Fsp3) is 0.923. The van der Waals surface area contributed by atoms with Crippen molar-refractivity contribution in [2.45, 2.75) is 51.5 Å². The summed E-state index contributed by atoms with van der Waals surface area (Å²) in [5.74, 6) is 1.84. The van der Waals surface area contributed by atoms with Crippen LogP contribution in [0.25, 0.3) is 0 Å². The average molecular weight is 209 g/mol. The Morgan fingerprint density at radius 2 is 2.13 bits per heavy atom. The van der Waals surface area contributed by atoms with Gasteiger partial charge >= 0.3 is 0 Å². The average Bonchev–Trinajstić information content (AvgIpc) is 2.99. The first-order chi connectivity index (χ1) is 7.18. The van der Waals surface area contributed by atoms with Gasteiger partial charge in [-0.05, 0) is 58.5 Å². The van der Waals surface area contributed by atoms with Gasteiger partial charge in [0.1, 0.15) is 5.78 Å². The Balaban J connectivity index is 1.69. The third-order valence-corrected chi connectivity index (χ3v) is 4.26. The highest BCUT2D eigenvalue weighted by atomic mass is 16.1. The summed E-state index contributed by atoms with van der Waals surface area (Å²) in [6, 6.07) is 0.724. The molecule has 0 radical (unpaired) electrons. The molecule has 0 heterocycles. The van der Waals surface area contributed by atoms with E-state index in [1.807, 2.05) is 0 Å². The second-order valence-electron chi connectivity index (χ2n) is 5.40. The zero-order valence-electron chi connectivity index (χ0n) is 10.0. The molecule has 0 bridgehead atoms. The Hall–Kier alpha value is -0.370. The molecule has 2 fully saturated rings. The Kier molecular flexibility index (Phi) is 3.45. The van der Waals surface area contributed by atoms with Crippen molar-refractivity contribution in [3.05, 3.63) is 0 Å². The van der Waals surface area contributed by atoms with E-state index in [9.17, 15) is 4.79 Å². The molecule has 0 N–H and O–H groups in total. The van der Waals surface area contributed by atoms with Crippen LogP contribution in [-0.2, 0) is 4.79 Å². The molecule has 0 aliphatic heterocycles. The lowest BCUT2D eigenvalue weighted by atomic mass is 10.0. The minimum Gasteiger partial charge on any atom is -0.303 e. The summed E-state index contributed by atoms with van der Waals surface area (Å²) in [5.41, 5.74) is 0. The minimum atomic E-state index is 0.388. The number of nitrogens with zero attached hydrogens (tertiary/aromatic N) is 1. The maximum atomic E-state index is 11.5. The fourth-order valence-corrected chi connectivity index (χ4v) is 2.69. The van der Waals surface area contributed by atoms with Crippen LogP contribution in [0.4, 0.5) is 0 Å². The van der Waals surface area contributed by atoms with Gasteiger partial charge < -0.3 is 4.90 Å². The molecule has 2 unspecified atom stereocenters. The molecule has 2 aliphatic rings. The lowest BCUT2D eigenvalue weighted by Crippen LogP contribution is -2.32. The van der Waals surface area contributed by atoms with E-state index in [2.05, 4.69) is 18.9 Å². The molecular formula is C13H23NO. The quantitative estimate of drug-likeness (QED) is 0.693. The predicted octanol–water partition coefficient (Wildman–Crippen LogP) is 2.48. The molecule has 0 saturated heterocycles. The van der Waals surface area contributed by atoms with Crippen LogP contribution in [0.1, 0.15) is 45.4 Å². The van der Waals surface area contributed by atoms with Gasteiger partial charge in [0.25, 0.3) is 0 Å². The summed E-state index contributed by atoms with van der Waals surface area (Å²) < 4.78 is 0. The van der Waals surface area contributed by atoms with Gasteiger partial charge in [0.2, 0.25) is 0 Å². The normalized spacial score (nSPS) is 28.7. The van der Waals surface area contributed by atoms with Crippen molar-refractivity contribution < 1.29 is 4.79 Å². The zero-order valence-corrected chi connectivity index (χ0v) is 10.0. The van der Waals surface area contributed by atoms with Crippen molar-refractivity contribution in [3.8, 4) is 0 Å². The monoisotopic (exact) mass is 209 g/mol. The molecular weight excluding hydrogens is 186 g/mol. The van der Waals surface area contributed by atoms with Gasteiger partial charge in [-0.2, -0.15) is 0 Å². The van der Waals surface area contributed by atoms with Crippen molar-refractivity contribution in [1.82, 2.24) is 4.90 Å². The van der Waals surface area contributed by atoms with E-state index in [-0.39, 0.29) is 0 Å². The number of ketones is 1. The molecule has 2 saturated carbocycles. The molecule has 2 rings (SSSR count). The number of carbonyl (C=O) groups is 1. The minimum absolute atomic E-state index is 0.388. The zero-order chi connectivity index (χ0) is 10.8. The number of rotatable bonds is 5. The highest BCUT2D eigenvalue weighted by Gasteiger charge is 2.31. The van der Waals surface area contributed by atoms with Crippen LogP contribution < -0.4 is 0 Å². The molecule has 2 atom stereocenters. The van der Waals surface area contributed by atoms with Gasteiger partial charge in [0.15, 0.2) is 0 Å². The number of Topliss-reactive ketones (excluding diaryl/α,β-unsaturated/α-hetero) is 1. The Morgan fingerprint density at radius 1 is 1.40 bits per heavy atom. The molecule has 2 nitrogen and oxygen atoms in total. The maximum Gasteiger partial charge on any atom is 0.136 e. The lowest BCUT2D eigenvalue weighted by Gasteiger charge is -2.25. The van der Waals surface area contributed by atoms with Crippen molar-refractivity contribution in [2.24, 2.45) is 11.8 Å². The van der Waals surface area contributed by atoms with Crippen LogP contribution in [-0.4, -0.2) is 30.3 Å². The molecule has 15 heavy (non-hydrogen) atoms. The standard InChI is InChI=1S/C13H23NO/c1-10(11-6-7-11)14(2)9-8-12-4-3-5-13(12)15/h10-12H,3-9H2,1-2H3. The van der Waals surface area contributed by atoms with Crippen molar-refractivity contribution in [1.29, 1.82) is 0 Å². The van der Waals surface area contributed by atoms with Crippen LogP contribution in [0.2, 0.25) is 0 Å². The van der Waals surface area contributed by atoms with E-state index in [0.717, 1.165) is 44.2 Å². The summed E-state index contributed by atoms with van der Waals surface area (Å²) >= 11 is 0. The van der Waals surface area contributed by atoms with E-state index in [4.69, 9.17) is 0 Å². The third-order valence-electron chi connectivity index (χ3n) is 4.26. The first-order valence-electron chi connectivity index (χ1n) is 6.41. The molecule has 0 aromatic carbocycles. The fourth-order valence-electron chi connectivity index (χ4n) is 2.69. The molecule has 2 heteroatoms. The molecule has 0 aromatic rings. The van der Waals surface area contributed by atoms with Gasteiger partial charge in [-0.15, -0.1) is 0 Å². The van der Waals surface area contributed by atoms with Crippen LogP contribution in [0.5, 0.6) is 0 Å². The van der Waals surface area contributed by atoms with Crippen molar-refractivity contribution >= 4 is 5.78 Å². The van der Waals surface area contributed by atoms with E-state index >= 15 is 0 Å². The summed E-state index contributed by atoms with van der Waals surface area (Å²) in [7, 11) is 2.21. The van der Waals surface area contributed by atoms with E-state index < -0.39 is 0 Å². The number of hydrogen-bond acceptors (Lipinski definition) is 2. The number of hydrogen-bond donors (Lipinski definition) is 0. The highest BCUT2D eigenvalue weighted by Crippen LogP contribution is 2.35. The topological polar surface area (TPSA) is 20.3 Å². The van der Waals surface area contributed by atoms with Gasteiger partial charge in [0.05, 0.1) is 0 Å². The van der Waals surface area contributed by atoms with Gasteiger partial charge in [-0.25, -0.2) is 0 Å². The second-order valence-corrected chi connectivity index (χ2v) is 5.40. The van der Waals surface area contributed by atoms with Crippen LogP contribution in [0.15, 0.2) is 0 Å². The van der Waals surface area contributed by atoms with Crippen LogP contribution in [0, 0.1) is 11.8 Å². The number of carbonyl (C=O) groups excluding carboxylic acids is 1. The van der Waals surface area contributed by atoms with Crippen LogP contribution >= 0.6 is 0 Å². The molecule has 2 aliphatic carbocycles. The van der Waals surface area contributed by atoms with Crippen molar-refractivity contribution in [3.63, 3.8) is 0 Å². The van der Waals surface area contributed by atoms with E-state index in [1.165, 1.54) is 12.8 Å². The van der Waals surface area contributed by atoms with Crippen LogP contribution in [0.3, 0.4) is 0 Å². The maximum absolute atomic E-state index is 11.5. The third kappa shape index (κ3) is 2.81. The summed E-state index contributed by atoms with van der Waals surface area (Å²) in [4.78, 5) is 13.9. The van der Waals surface area contributed by atoms with Gasteiger partial charge in [-0.3, -0.25) is 4.79 Å². The molecule has 86 valence electrons. The van der Waals surface area contributed by atoms with Gasteiger partial charge in [-0.1, -0.05) is 0 Å². The van der Waals surface area contributed by atoms with Crippen molar-refractivity contribution in [2.75, 3.05) is 13.6 Å². The van der Waals surface area contributed by atoms with E-state index in [1.54, 1.807) is 0 Å². The summed E-state index contributed by atoms with van der Waals surface area (Å²) in [6.45, 7) is 3.43. The smallest absolute Gasteiger partial charge is 0.136 e. The molecule has 0 spiro atoms. The molecule has 0 amide bonds. The first kappa shape index (κ1) is 11.1. The summed E-state index contributed by atoms with van der Waals surface area (Å²) in [5, 5.41) is 0. The molecule has 0 aromatic heterocycles. The highest BCUT2D eigenvalue weighted by molar-refractivity contribution is 5.82. The Labute approximate surface area is 93.0 Å². The SMILES string of the molecule is CC(C1CC1)N(C)CCC1CCCC1=O. The summed E-state index contributed by atoms with van der Waals surface area (Å²) in [6.07, 6.45) is 7.02. The largest absolute Gasteiger partial charge is 0.303 e. The van der Waals surface area contributed by atoms with Gasteiger partial charge in [0, 0.05) is 18.4 Å². The Bertz CT molecular complexity index is 235. The van der Waals surface area contributed by atoms with E-state index in [0.29, 0.717) is 11.7 Å². The predicted molar refractivity (Wildman–Crippen MR) is 61.8 cm³/mol. The Morgan fingerprint density at radius 3 is 2.67 bits per heavy atom. The second kappa shape index (κ2) is 4.65. The lowest BCUT2D eigenvalue weighted by molar-refractivity contribution is -0.120.